The van der Waals surface area contributed by atoms with E-state index in [1.807, 2.05) is 0 Å². The molecule has 0 atom stereocenters. The summed E-state index contributed by atoms with van der Waals surface area (Å²) >= 11 is 0. The number of aliphatic imine (C=N–C) groups is 1. The summed E-state index contributed by atoms with van der Waals surface area (Å²) in [6.45, 7) is 1.79. The molecule has 1 aromatic rings. The van der Waals surface area contributed by atoms with Crippen LogP contribution in [0.15, 0.2) is 35.0 Å². The number of non-ortho nitro benzene ring substituents is 1. The predicted octanol–water partition coefficient (Wildman–Crippen LogP) is 1.84. The van der Waals surface area contributed by atoms with Gasteiger partial charge in [-0.15, -0.1) is 0 Å². The zero-order chi connectivity index (χ0) is 15.1. The van der Waals surface area contributed by atoms with Crippen molar-refractivity contribution in [3.8, 4) is 0 Å². The van der Waals surface area contributed by atoms with Crippen molar-refractivity contribution in [1.29, 1.82) is 0 Å². The van der Waals surface area contributed by atoms with E-state index in [1.165, 1.54) is 0 Å². The van der Waals surface area contributed by atoms with E-state index in [9.17, 15) is 19.3 Å². The molecule has 0 saturated heterocycles. The van der Waals surface area contributed by atoms with Gasteiger partial charge in [0.15, 0.2) is 5.82 Å². The number of nitro benzene ring substituents is 1. The van der Waals surface area contributed by atoms with Crippen molar-refractivity contribution < 1.29 is 18.8 Å². The van der Waals surface area contributed by atoms with E-state index in [2.05, 4.69) is 4.99 Å². The van der Waals surface area contributed by atoms with Gasteiger partial charge in [-0.3, -0.25) is 15.1 Å². The maximum Gasteiger partial charge on any atom is 0.341 e. The fraction of sp³-hybridized carbons (Fsp3) is 0.167. The number of nitrogens with two attached hydrogens (primary N) is 1. The van der Waals surface area contributed by atoms with Crippen LogP contribution in [0.1, 0.15) is 6.92 Å². The van der Waals surface area contributed by atoms with Crippen LogP contribution < -0.4 is 5.73 Å². The average molecular weight is 281 g/mol. The smallest absolute Gasteiger partial charge is 0.341 e. The lowest BCUT2D eigenvalue weighted by Gasteiger charge is -2.01. The Morgan fingerprint density at radius 1 is 1.60 bits per heavy atom. The first kappa shape index (κ1) is 15.3. The van der Waals surface area contributed by atoms with Crippen LogP contribution in [0.5, 0.6) is 0 Å². The van der Waals surface area contributed by atoms with Crippen LogP contribution in [0.3, 0.4) is 0 Å². The van der Waals surface area contributed by atoms with Crippen LogP contribution in [-0.4, -0.2) is 23.7 Å². The molecule has 0 saturated carbocycles. The minimum Gasteiger partial charge on any atom is -0.462 e. The van der Waals surface area contributed by atoms with E-state index in [-0.39, 0.29) is 23.6 Å². The molecule has 0 aliphatic rings. The number of hydrogen-bond acceptors (Lipinski definition) is 6. The van der Waals surface area contributed by atoms with Crippen LogP contribution in [0.4, 0.5) is 15.8 Å². The van der Waals surface area contributed by atoms with Gasteiger partial charge in [0, 0.05) is 18.5 Å². The fourth-order valence-electron chi connectivity index (χ4n) is 1.23. The van der Waals surface area contributed by atoms with Crippen LogP contribution in [0.25, 0.3) is 0 Å². The molecule has 0 aliphatic heterocycles. The number of nitrogens with zero attached hydrogens (tertiary/aromatic N) is 2. The SMILES string of the molecule is CCOC(=O)/C(C=Nc1ccc([N+](=O)[O-])cc1F)=C/N. The van der Waals surface area contributed by atoms with E-state index < -0.39 is 16.7 Å². The van der Waals surface area contributed by atoms with Crippen molar-refractivity contribution in [2.45, 2.75) is 6.92 Å². The topological polar surface area (TPSA) is 108 Å². The molecule has 7 nitrogen and oxygen atoms in total. The molecular weight excluding hydrogens is 269 g/mol. The quantitative estimate of drug-likeness (QED) is 0.291. The highest BCUT2D eigenvalue weighted by Crippen LogP contribution is 2.22. The average Bonchev–Trinajstić information content (AvgIpc) is 2.41. The van der Waals surface area contributed by atoms with Crippen LogP contribution in [-0.2, 0) is 9.53 Å². The number of ether oxygens (including phenoxy) is 1. The molecule has 0 amide bonds. The Morgan fingerprint density at radius 3 is 2.80 bits per heavy atom. The Labute approximate surface area is 113 Å². The maximum atomic E-state index is 13.5. The number of carbonyl (C=O) groups excluding carboxylic acids is 1. The lowest BCUT2D eigenvalue weighted by molar-refractivity contribution is -0.385. The number of halogens is 1. The summed E-state index contributed by atoms with van der Waals surface area (Å²) < 4.78 is 18.2. The van der Waals surface area contributed by atoms with Crippen molar-refractivity contribution in [3.63, 3.8) is 0 Å². The maximum absolute atomic E-state index is 13.5. The van der Waals surface area contributed by atoms with Crippen LogP contribution >= 0.6 is 0 Å². The van der Waals surface area contributed by atoms with Crippen LogP contribution in [0.2, 0.25) is 0 Å². The summed E-state index contributed by atoms with van der Waals surface area (Å²) in [6.07, 6.45) is 2.01. The second-order valence-electron chi connectivity index (χ2n) is 3.49. The highest BCUT2D eigenvalue weighted by Gasteiger charge is 2.11. The minimum absolute atomic E-state index is 0.0513. The van der Waals surface area contributed by atoms with E-state index in [1.54, 1.807) is 6.92 Å². The molecule has 0 aliphatic carbocycles. The molecule has 0 fully saturated rings. The van der Waals surface area contributed by atoms with E-state index in [0.717, 1.165) is 30.6 Å². The van der Waals surface area contributed by atoms with E-state index in [0.29, 0.717) is 0 Å². The van der Waals surface area contributed by atoms with Gasteiger partial charge in [-0.25, -0.2) is 9.18 Å². The second kappa shape index (κ2) is 6.98. The molecule has 0 bridgehead atoms. The molecule has 106 valence electrons. The first-order chi connectivity index (χ1) is 9.49. The Hall–Kier alpha value is -2.77. The van der Waals surface area contributed by atoms with Crippen molar-refractivity contribution in [2.75, 3.05) is 6.61 Å². The van der Waals surface area contributed by atoms with Gasteiger partial charge in [0.1, 0.15) is 0 Å². The number of benzene rings is 1. The largest absolute Gasteiger partial charge is 0.462 e. The lowest BCUT2D eigenvalue weighted by Crippen LogP contribution is -2.10. The molecule has 0 aromatic heterocycles. The minimum atomic E-state index is -0.879. The van der Waals surface area contributed by atoms with Gasteiger partial charge in [0.25, 0.3) is 5.69 Å². The molecule has 0 radical (unpaired) electrons. The van der Waals surface area contributed by atoms with Gasteiger partial charge in [0.05, 0.1) is 28.9 Å². The summed E-state index contributed by atoms with van der Waals surface area (Å²) in [4.78, 5) is 24.8. The summed E-state index contributed by atoms with van der Waals surface area (Å²) in [6, 6.07) is 2.97. The van der Waals surface area contributed by atoms with Gasteiger partial charge in [-0.2, -0.15) is 0 Å². The van der Waals surface area contributed by atoms with Crippen molar-refractivity contribution >= 4 is 23.6 Å². The van der Waals surface area contributed by atoms with Crippen molar-refractivity contribution in [1.82, 2.24) is 0 Å². The first-order valence-corrected chi connectivity index (χ1v) is 5.56. The highest BCUT2D eigenvalue weighted by molar-refractivity contribution is 6.09. The van der Waals surface area contributed by atoms with Gasteiger partial charge in [0.2, 0.25) is 0 Å². The van der Waals surface area contributed by atoms with Gasteiger partial charge in [-0.1, -0.05) is 0 Å². The number of rotatable bonds is 5. The summed E-state index contributed by atoms with van der Waals surface area (Å²) in [5.74, 6) is -1.57. The molecule has 1 aromatic carbocycles. The number of carbonyl (C=O) groups is 1. The Bertz CT molecular complexity index is 584. The second-order valence-corrected chi connectivity index (χ2v) is 3.49. The molecule has 0 spiro atoms. The highest BCUT2D eigenvalue weighted by atomic mass is 19.1. The zero-order valence-corrected chi connectivity index (χ0v) is 10.6. The standard InChI is InChI=1S/C12H12FN3O4/c1-2-20-12(17)8(6-14)7-15-11-4-3-9(16(18)19)5-10(11)13/h3-7H,2,14H2,1H3/b8-6+,15-7?. The molecule has 2 N–H and O–H groups in total. The Morgan fingerprint density at radius 2 is 2.30 bits per heavy atom. The normalized spacial score (nSPS) is 11.6. The number of hydrogen-bond donors (Lipinski definition) is 1. The van der Waals surface area contributed by atoms with Gasteiger partial charge in [-0.05, 0) is 13.0 Å². The third kappa shape index (κ3) is 3.87. The third-order valence-corrected chi connectivity index (χ3v) is 2.18. The molecule has 1 rings (SSSR count). The zero-order valence-electron chi connectivity index (χ0n) is 10.6. The first-order valence-electron chi connectivity index (χ1n) is 5.56. The molecule has 0 heterocycles. The molecule has 0 unspecified atom stereocenters. The van der Waals surface area contributed by atoms with Crippen molar-refractivity contribution in [3.05, 3.63) is 45.9 Å². The predicted molar refractivity (Wildman–Crippen MR) is 70.1 cm³/mol. The number of nitro groups is 1. The Kier molecular flexibility index (Phi) is 5.33. The Balaban J connectivity index is 2.95. The summed E-state index contributed by atoms with van der Waals surface area (Å²) in [5, 5.41) is 10.5. The van der Waals surface area contributed by atoms with Crippen LogP contribution in [0, 0.1) is 15.9 Å². The lowest BCUT2D eigenvalue weighted by atomic mass is 10.2. The number of esters is 1. The molecule has 20 heavy (non-hydrogen) atoms. The van der Waals surface area contributed by atoms with E-state index in [4.69, 9.17) is 10.5 Å². The monoisotopic (exact) mass is 281 g/mol. The van der Waals surface area contributed by atoms with Gasteiger partial charge < -0.3 is 10.5 Å². The van der Waals surface area contributed by atoms with Crippen molar-refractivity contribution in [2.24, 2.45) is 10.7 Å². The molecule has 8 heteroatoms. The third-order valence-electron chi connectivity index (χ3n) is 2.18. The van der Waals surface area contributed by atoms with Gasteiger partial charge >= 0.3 is 5.97 Å². The summed E-state index contributed by atoms with van der Waals surface area (Å²) in [5.41, 5.74) is 4.64. The summed E-state index contributed by atoms with van der Waals surface area (Å²) in [7, 11) is 0. The molecular formula is C12H12FN3O4. The van der Waals surface area contributed by atoms with E-state index >= 15 is 0 Å². The fourth-order valence-corrected chi connectivity index (χ4v) is 1.23.